The summed E-state index contributed by atoms with van der Waals surface area (Å²) in [7, 11) is 0. The van der Waals surface area contributed by atoms with Crippen LogP contribution in [0.1, 0.15) is 25.7 Å². The van der Waals surface area contributed by atoms with Crippen LogP contribution < -0.4 is 5.32 Å². The third-order valence-corrected chi connectivity index (χ3v) is 2.83. The summed E-state index contributed by atoms with van der Waals surface area (Å²) in [4.78, 5) is 34.6. The van der Waals surface area contributed by atoms with Gasteiger partial charge in [0.1, 0.15) is 6.04 Å². The quantitative estimate of drug-likeness (QED) is 0.471. The van der Waals surface area contributed by atoms with Gasteiger partial charge < -0.3 is 25.5 Å². The Morgan fingerprint density at radius 1 is 1.26 bits per heavy atom. The van der Waals surface area contributed by atoms with E-state index in [0.717, 1.165) is 12.8 Å². The molecular weight excluding hydrogens is 256 g/mol. The molecule has 2 amide bonds. The molecule has 0 aromatic carbocycles. The standard InChI is InChI=1S/C11H18N2O6/c14-6-5-13(7-1-2-7)11(19)12-8(10(17)18)3-4-9(15)16/h7-8,14H,1-6H2,(H,12,19)(H,15,16)(H,17,18). The number of nitrogens with zero attached hydrogens (tertiary/aromatic N) is 1. The Kier molecular flexibility index (Phi) is 5.56. The van der Waals surface area contributed by atoms with Crippen molar-refractivity contribution < 1.29 is 29.7 Å². The lowest BCUT2D eigenvalue weighted by molar-refractivity contribution is -0.140. The Hall–Kier alpha value is -1.83. The molecule has 0 bridgehead atoms. The van der Waals surface area contributed by atoms with Gasteiger partial charge in [0.05, 0.1) is 6.61 Å². The number of carbonyl (C=O) groups is 3. The second kappa shape index (κ2) is 6.93. The van der Waals surface area contributed by atoms with Crippen molar-refractivity contribution in [1.82, 2.24) is 10.2 Å². The highest BCUT2D eigenvalue weighted by Crippen LogP contribution is 2.26. The number of aliphatic carboxylic acids is 2. The lowest BCUT2D eigenvalue weighted by atomic mass is 10.1. The van der Waals surface area contributed by atoms with E-state index < -0.39 is 24.0 Å². The fourth-order valence-electron chi connectivity index (χ4n) is 1.70. The first-order valence-corrected chi connectivity index (χ1v) is 6.08. The van der Waals surface area contributed by atoms with Crippen LogP contribution in [0, 0.1) is 0 Å². The summed E-state index contributed by atoms with van der Waals surface area (Å²) in [5.74, 6) is -2.38. The first-order valence-electron chi connectivity index (χ1n) is 6.08. The molecule has 1 unspecified atom stereocenters. The SMILES string of the molecule is O=C(O)CCC(NC(=O)N(CCO)C1CC1)C(=O)O. The molecule has 1 saturated carbocycles. The predicted molar refractivity (Wildman–Crippen MR) is 63.6 cm³/mol. The van der Waals surface area contributed by atoms with Crippen molar-refractivity contribution in [2.75, 3.05) is 13.2 Å². The van der Waals surface area contributed by atoms with E-state index in [1.54, 1.807) is 0 Å². The van der Waals surface area contributed by atoms with E-state index in [4.69, 9.17) is 15.3 Å². The summed E-state index contributed by atoms with van der Waals surface area (Å²) in [5.41, 5.74) is 0. The van der Waals surface area contributed by atoms with E-state index in [1.807, 2.05) is 0 Å². The number of aliphatic hydroxyl groups is 1. The predicted octanol–water partition coefficient (Wildman–Crippen LogP) is -0.529. The minimum Gasteiger partial charge on any atom is -0.481 e. The summed E-state index contributed by atoms with van der Waals surface area (Å²) in [6, 6.07) is -1.76. The van der Waals surface area contributed by atoms with Crippen LogP contribution in [-0.2, 0) is 9.59 Å². The maximum Gasteiger partial charge on any atom is 0.326 e. The van der Waals surface area contributed by atoms with Crippen molar-refractivity contribution in [2.24, 2.45) is 0 Å². The average molecular weight is 274 g/mol. The van der Waals surface area contributed by atoms with Crippen LogP contribution in [0.4, 0.5) is 4.79 Å². The van der Waals surface area contributed by atoms with Gasteiger partial charge in [0.2, 0.25) is 0 Å². The van der Waals surface area contributed by atoms with Gasteiger partial charge in [-0.15, -0.1) is 0 Å². The fourth-order valence-corrected chi connectivity index (χ4v) is 1.70. The first kappa shape index (κ1) is 15.2. The van der Waals surface area contributed by atoms with Gasteiger partial charge in [-0.3, -0.25) is 4.79 Å². The molecule has 1 aliphatic rings. The zero-order valence-electron chi connectivity index (χ0n) is 10.4. The number of aliphatic hydroxyl groups excluding tert-OH is 1. The maximum absolute atomic E-state index is 11.9. The second-order valence-corrected chi connectivity index (χ2v) is 4.42. The van der Waals surface area contributed by atoms with Crippen molar-refractivity contribution in [1.29, 1.82) is 0 Å². The largest absolute Gasteiger partial charge is 0.481 e. The third kappa shape index (κ3) is 5.12. The van der Waals surface area contributed by atoms with E-state index in [1.165, 1.54) is 4.90 Å². The number of hydrogen-bond donors (Lipinski definition) is 4. The highest BCUT2D eigenvalue weighted by molar-refractivity contribution is 5.83. The number of carboxylic acids is 2. The number of rotatable bonds is 8. The summed E-state index contributed by atoms with van der Waals surface area (Å²) in [6.07, 6.45) is 1.16. The summed E-state index contributed by atoms with van der Waals surface area (Å²) < 4.78 is 0. The lowest BCUT2D eigenvalue weighted by Gasteiger charge is -2.24. The van der Waals surface area contributed by atoms with Crippen molar-refractivity contribution in [3.8, 4) is 0 Å². The fraction of sp³-hybridized carbons (Fsp3) is 0.727. The van der Waals surface area contributed by atoms with Crippen molar-refractivity contribution in [2.45, 2.75) is 37.8 Å². The molecule has 1 atom stereocenters. The number of amides is 2. The van der Waals surface area contributed by atoms with Gasteiger partial charge in [-0.1, -0.05) is 0 Å². The van der Waals surface area contributed by atoms with E-state index in [2.05, 4.69) is 5.32 Å². The molecule has 0 aromatic heterocycles. The van der Waals surface area contributed by atoms with Crippen LogP contribution in [0.25, 0.3) is 0 Å². The van der Waals surface area contributed by atoms with Crippen molar-refractivity contribution in [3.05, 3.63) is 0 Å². The van der Waals surface area contributed by atoms with Crippen LogP contribution in [0.3, 0.4) is 0 Å². The molecule has 4 N–H and O–H groups in total. The molecule has 1 fully saturated rings. The normalized spacial score (nSPS) is 15.6. The van der Waals surface area contributed by atoms with Gasteiger partial charge in [-0.25, -0.2) is 9.59 Å². The number of carboxylic acid groups (broad SMARTS) is 2. The van der Waals surface area contributed by atoms with Crippen molar-refractivity contribution in [3.63, 3.8) is 0 Å². The summed E-state index contributed by atoms with van der Waals surface area (Å²) in [5, 5.41) is 28.6. The zero-order valence-corrected chi connectivity index (χ0v) is 10.4. The minimum atomic E-state index is -1.27. The van der Waals surface area contributed by atoms with E-state index >= 15 is 0 Å². The molecule has 0 radical (unpaired) electrons. The van der Waals surface area contributed by atoms with E-state index in [9.17, 15) is 14.4 Å². The Bertz CT molecular complexity index is 355. The third-order valence-electron chi connectivity index (χ3n) is 2.83. The smallest absolute Gasteiger partial charge is 0.326 e. The molecule has 19 heavy (non-hydrogen) atoms. The summed E-state index contributed by atoms with van der Waals surface area (Å²) in [6.45, 7) is -0.0570. The van der Waals surface area contributed by atoms with Gasteiger partial charge in [0.25, 0.3) is 0 Å². The topological polar surface area (TPSA) is 127 Å². The van der Waals surface area contributed by atoms with Crippen molar-refractivity contribution >= 4 is 18.0 Å². The highest BCUT2D eigenvalue weighted by Gasteiger charge is 2.33. The van der Waals surface area contributed by atoms with Gasteiger partial charge in [-0.05, 0) is 19.3 Å². The number of carbonyl (C=O) groups excluding carboxylic acids is 1. The molecule has 8 heteroatoms. The molecule has 1 rings (SSSR count). The van der Waals surface area contributed by atoms with E-state index in [-0.39, 0.29) is 32.0 Å². The molecule has 8 nitrogen and oxygen atoms in total. The van der Waals surface area contributed by atoms with Gasteiger partial charge in [0.15, 0.2) is 0 Å². The molecule has 1 aliphatic carbocycles. The molecular formula is C11H18N2O6. The monoisotopic (exact) mass is 274 g/mol. The summed E-state index contributed by atoms with van der Waals surface area (Å²) >= 11 is 0. The number of urea groups is 1. The molecule has 0 aliphatic heterocycles. The number of hydrogen-bond acceptors (Lipinski definition) is 4. The zero-order chi connectivity index (χ0) is 14.4. The van der Waals surface area contributed by atoms with Gasteiger partial charge in [0, 0.05) is 19.0 Å². The van der Waals surface area contributed by atoms with Crippen LogP contribution in [0.5, 0.6) is 0 Å². The second-order valence-electron chi connectivity index (χ2n) is 4.42. The molecule has 0 spiro atoms. The maximum atomic E-state index is 11.9. The average Bonchev–Trinajstić information content (AvgIpc) is 3.14. The number of nitrogens with one attached hydrogen (secondary N) is 1. The Balaban J connectivity index is 2.53. The minimum absolute atomic E-state index is 0.0427. The molecule has 108 valence electrons. The highest BCUT2D eigenvalue weighted by atomic mass is 16.4. The Morgan fingerprint density at radius 2 is 1.89 bits per heavy atom. The lowest BCUT2D eigenvalue weighted by Crippen LogP contribution is -2.49. The molecule has 0 saturated heterocycles. The Labute approximate surface area is 110 Å². The molecule has 0 aromatic rings. The van der Waals surface area contributed by atoms with Crippen LogP contribution in [-0.4, -0.2) is 63.4 Å². The van der Waals surface area contributed by atoms with Crippen LogP contribution >= 0.6 is 0 Å². The van der Waals surface area contributed by atoms with Gasteiger partial charge >= 0.3 is 18.0 Å². The molecule has 0 heterocycles. The van der Waals surface area contributed by atoms with Crippen LogP contribution in [0.2, 0.25) is 0 Å². The van der Waals surface area contributed by atoms with Crippen LogP contribution in [0.15, 0.2) is 0 Å². The van der Waals surface area contributed by atoms with E-state index in [0.29, 0.717) is 0 Å². The Morgan fingerprint density at radius 3 is 2.32 bits per heavy atom. The van der Waals surface area contributed by atoms with Gasteiger partial charge in [-0.2, -0.15) is 0 Å². The first-order chi connectivity index (χ1) is 8.95.